The van der Waals surface area contributed by atoms with Gasteiger partial charge in [0.1, 0.15) is 0 Å². The van der Waals surface area contributed by atoms with E-state index in [1.165, 1.54) is 140 Å². The van der Waals surface area contributed by atoms with Crippen LogP contribution in [0, 0.1) is 0 Å². The lowest BCUT2D eigenvalue weighted by molar-refractivity contribution is 0.217. The van der Waals surface area contributed by atoms with Crippen LogP contribution in [0.2, 0.25) is 0 Å². The molecule has 0 saturated carbocycles. The highest BCUT2D eigenvalue weighted by molar-refractivity contribution is 7.94. The van der Waals surface area contributed by atoms with Crippen LogP contribution in [0.25, 0.3) is 0 Å². The van der Waals surface area contributed by atoms with Crippen LogP contribution in [0.5, 0.6) is 0 Å². The van der Waals surface area contributed by atoms with Crippen LogP contribution < -0.4 is 0 Å². The van der Waals surface area contributed by atoms with Gasteiger partial charge in [-0.05, 0) is 36.9 Å². The van der Waals surface area contributed by atoms with Gasteiger partial charge in [0, 0.05) is 11.5 Å². The van der Waals surface area contributed by atoms with Gasteiger partial charge in [-0.3, -0.25) is 0 Å². The minimum Gasteiger partial charge on any atom is -0.328 e. The van der Waals surface area contributed by atoms with Gasteiger partial charge in [-0.25, -0.2) is 0 Å². The van der Waals surface area contributed by atoms with E-state index in [0.29, 0.717) is 24.7 Å². The Bertz CT molecular complexity index is 363. The van der Waals surface area contributed by atoms with Crippen LogP contribution in [0.15, 0.2) is 0 Å². The van der Waals surface area contributed by atoms with Crippen LogP contribution >= 0.6 is 32.7 Å². The zero-order chi connectivity index (χ0) is 26.2. The first kappa shape index (κ1) is 36.9. The first-order valence-electron chi connectivity index (χ1n) is 15.0. The Morgan fingerprint density at radius 2 is 0.750 bits per heavy atom. The third-order valence-electron chi connectivity index (χ3n) is 6.07. The molecule has 0 aliphatic rings. The van der Waals surface area contributed by atoms with E-state index in [4.69, 9.17) is 17.4 Å². The molecule has 0 aliphatic carbocycles. The fourth-order valence-electron chi connectivity index (χ4n) is 3.87. The Kier molecular flexibility index (Phi) is 34.8. The second-order valence-electron chi connectivity index (χ2n) is 9.56. The highest BCUT2D eigenvalue weighted by atomic mass is 32.2. The van der Waals surface area contributed by atoms with Crippen molar-refractivity contribution in [3.63, 3.8) is 0 Å². The summed E-state index contributed by atoms with van der Waals surface area (Å²) in [5.41, 5.74) is 0. The highest BCUT2D eigenvalue weighted by Crippen LogP contribution is 2.32. The normalized spacial score (nSPS) is 11.7. The summed E-state index contributed by atoms with van der Waals surface area (Å²) in [6.07, 6.45) is 26.7. The van der Waals surface area contributed by atoms with Gasteiger partial charge in [0.15, 0.2) is 0 Å². The van der Waals surface area contributed by atoms with Crippen molar-refractivity contribution in [1.82, 2.24) is 0 Å². The first-order chi connectivity index (χ1) is 17.8. The third-order valence-corrected chi connectivity index (χ3v) is 8.21. The van der Waals surface area contributed by atoms with Crippen LogP contribution in [-0.2, 0) is 17.4 Å². The van der Waals surface area contributed by atoms with Crippen LogP contribution in [0.3, 0.4) is 0 Å². The molecule has 1 N–H and O–H groups in total. The summed E-state index contributed by atoms with van der Waals surface area (Å²) < 4.78 is 21.8. The SMILES string of the molecule is CCCCCCCCCCCCOSCCOP(O)OCCSOCCCCCCCCCCCC. The summed E-state index contributed by atoms with van der Waals surface area (Å²) in [5.74, 6) is 1.41. The van der Waals surface area contributed by atoms with Crippen molar-refractivity contribution in [1.29, 1.82) is 0 Å². The number of rotatable bonds is 32. The van der Waals surface area contributed by atoms with Crippen molar-refractivity contribution in [2.24, 2.45) is 0 Å². The van der Waals surface area contributed by atoms with E-state index in [1.54, 1.807) is 0 Å². The summed E-state index contributed by atoms with van der Waals surface area (Å²) in [6, 6.07) is 0. The van der Waals surface area contributed by atoms with E-state index in [2.05, 4.69) is 13.8 Å². The quantitative estimate of drug-likeness (QED) is 0.0490. The zero-order valence-corrected chi connectivity index (χ0v) is 26.3. The van der Waals surface area contributed by atoms with Gasteiger partial charge in [0.05, 0.1) is 26.4 Å². The lowest BCUT2D eigenvalue weighted by atomic mass is 10.1. The fraction of sp³-hybridized carbons (Fsp3) is 1.00. The molecule has 5 nitrogen and oxygen atoms in total. The summed E-state index contributed by atoms with van der Waals surface area (Å²) >= 11 is 2.84. The lowest BCUT2D eigenvalue weighted by Crippen LogP contribution is -2.00. The second kappa shape index (κ2) is 34.0. The maximum atomic E-state index is 9.78. The summed E-state index contributed by atoms with van der Waals surface area (Å²) in [4.78, 5) is 9.78. The summed E-state index contributed by atoms with van der Waals surface area (Å²) in [7, 11) is -1.80. The summed E-state index contributed by atoms with van der Waals surface area (Å²) in [5, 5.41) is 0. The van der Waals surface area contributed by atoms with Crippen LogP contribution in [0.1, 0.15) is 142 Å². The zero-order valence-electron chi connectivity index (χ0n) is 23.7. The van der Waals surface area contributed by atoms with Crippen molar-refractivity contribution in [2.45, 2.75) is 142 Å². The van der Waals surface area contributed by atoms with Gasteiger partial charge < -0.3 is 22.3 Å². The maximum Gasteiger partial charge on any atom is 0.329 e. The van der Waals surface area contributed by atoms with Gasteiger partial charge in [0.25, 0.3) is 0 Å². The molecule has 0 bridgehead atoms. The van der Waals surface area contributed by atoms with Gasteiger partial charge in [-0.2, -0.15) is 0 Å². The van der Waals surface area contributed by atoms with Crippen molar-refractivity contribution >= 4 is 32.7 Å². The Labute approximate surface area is 234 Å². The van der Waals surface area contributed by atoms with Gasteiger partial charge in [-0.15, -0.1) is 0 Å². The van der Waals surface area contributed by atoms with Gasteiger partial charge >= 0.3 is 8.60 Å². The second-order valence-corrected chi connectivity index (χ2v) is 12.3. The Morgan fingerprint density at radius 1 is 0.444 bits per heavy atom. The minimum atomic E-state index is -1.80. The van der Waals surface area contributed by atoms with Crippen molar-refractivity contribution in [2.75, 3.05) is 37.9 Å². The van der Waals surface area contributed by atoms with E-state index in [0.717, 1.165) is 26.1 Å². The average molecular weight is 571 g/mol. The number of hydrogen-bond acceptors (Lipinski definition) is 7. The predicted molar refractivity (Wildman–Crippen MR) is 162 cm³/mol. The molecule has 0 amide bonds. The standard InChI is InChI=1S/C28H59O5PS2/c1-3-5-7-9-11-13-15-17-19-21-23-32-35-27-25-30-34(29)31-26-28-36-33-24-22-20-18-16-14-12-10-8-6-4-2/h29H,3-28H2,1-2H3. The molecular formula is C28H59O5PS2. The molecule has 0 aromatic rings. The monoisotopic (exact) mass is 570 g/mol. The molecule has 218 valence electrons. The molecule has 0 spiro atoms. The van der Waals surface area contributed by atoms with Gasteiger partial charge in [-0.1, -0.05) is 129 Å². The van der Waals surface area contributed by atoms with E-state index in [9.17, 15) is 4.89 Å². The molecule has 36 heavy (non-hydrogen) atoms. The third kappa shape index (κ3) is 33.0. The molecule has 0 saturated heterocycles. The predicted octanol–water partition coefficient (Wildman–Crippen LogP) is 10.4. The van der Waals surface area contributed by atoms with E-state index in [-0.39, 0.29) is 0 Å². The molecule has 0 fully saturated rings. The van der Waals surface area contributed by atoms with Crippen molar-refractivity contribution < 1.29 is 22.3 Å². The Hall–Kier alpha value is 0.930. The Balaban J connectivity index is 3.13. The molecule has 0 atom stereocenters. The van der Waals surface area contributed by atoms with Crippen LogP contribution in [0.4, 0.5) is 0 Å². The molecule has 8 heteroatoms. The summed E-state index contributed by atoms with van der Waals surface area (Å²) in [6.45, 7) is 7.00. The highest BCUT2D eigenvalue weighted by Gasteiger charge is 2.06. The molecule has 0 rings (SSSR count). The smallest absolute Gasteiger partial charge is 0.328 e. The molecular weight excluding hydrogens is 511 g/mol. The molecule has 0 radical (unpaired) electrons. The van der Waals surface area contributed by atoms with Crippen LogP contribution in [-0.4, -0.2) is 42.8 Å². The molecule has 0 aliphatic heterocycles. The van der Waals surface area contributed by atoms with E-state index in [1.807, 2.05) is 0 Å². The molecule has 0 unspecified atom stereocenters. The van der Waals surface area contributed by atoms with Crippen molar-refractivity contribution in [3.8, 4) is 0 Å². The largest absolute Gasteiger partial charge is 0.329 e. The number of unbranched alkanes of at least 4 members (excludes halogenated alkanes) is 18. The number of hydrogen-bond donors (Lipinski definition) is 1. The maximum absolute atomic E-state index is 9.78. The van der Waals surface area contributed by atoms with E-state index < -0.39 is 8.60 Å². The molecule has 0 aromatic heterocycles. The molecule has 0 heterocycles. The van der Waals surface area contributed by atoms with E-state index >= 15 is 0 Å². The van der Waals surface area contributed by atoms with Gasteiger partial charge in [0.2, 0.25) is 0 Å². The average Bonchev–Trinajstić information content (AvgIpc) is 2.88. The topological polar surface area (TPSA) is 57.2 Å². The fourth-order valence-corrected chi connectivity index (χ4v) is 5.69. The Morgan fingerprint density at radius 3 is 1.08 bits per heavy atom. The first-order valence-corrected chi connectivity index (χ1v) is 18.0. The molecule has 0 aromatic carbocycles. The minimum absolute atomic E-state index is 0.438. The van der Waals surface area contributed by atoms with Crippen molar-refractivity contribution in [3.05, 3.63) is 0 Å². The lowest BCUT2D eigenvalue weighted by Gasteiger charge is -2.10.